The van der Waals surface area contributed by atoms with Gasteiger partial charge in [-0.25, -0.2) is 4.79 Å². The molecular formula is C9H9ClO2S. The molecule has 0 aliphatic heterocycles. The van der Waals surface area contributed by atoms with Gasteiger partial charge in [0.15, 0.2) is 0 Å². The van der Waals surface area contributed by atoms with Crippen LogP contribution in [0.1, 0.15) is 11.8 Å². The zero-order valence-electron chi connectivity index (χ0n) is 7.12. The van der Waals surface area contributed by atoms with E-state index in [1.807, 2.05) is 6.07 Å². The molecule has 0 spiro atoms. The van der Waals surface area contributed by atoms with Gasteiger partial charge in [0.25, 0.3) is 0 Å². The van der Waals surface area contributed by atoms with Crippen molar-refractivity contribution >= 4 is 35.0 Å². The van der Waals surface area contributed by atoms with Crippen LogP contribution < -0.4 is 0 Å². The van der Waals surface area contributed by atoms with Crippen molar-refractivity contribution in [3.8, 4) is 0 Å². The molecule has 0 saturated carbocycles. The molecule has 0 aromatic carbocycles. The molecule has 2 nitrogen and oxygen atoms in total. The summed E-state index contributed by atoms with van der Waals surface area (Å²) in [5.41, 5.74) is 0. The minimum atomic E-state index is -0.327. The molecule has 0 N–H and O–H groups in total. The first-order valence-electron chi connectivity index (χ1n) is 3.82. The topological polar surface area (TPSA) is 26.3 Å². The molecule has 0 fully saturated rings. The van der Waals surface area contributed by atoms with E-state index in [-0.39, 0.29) is 5.97 Å². The molecule has 0 unspecified atom stereocenters. The Balaban J connectivity index is 2.53. The monoisotopic (exact) mass is 216 g/mol. The summed E-state index contributed by atoms with van der Waals surface area (Å²) in [5, 5.41) is 0. The predicted octanol–water partition coefficient (Wildman–Crippen LogP) is 2.98. The smallest absolute Gasteiger partial charge is 0.330 e. The van der Waals surface area contributed by atoms with E-state index >= 15 is 0 Å². The Hall–Kier alpha value is -0.800. The fourth-order valence-corrected chi connectivity index (χ4v) is 1.72. The number of halogens is 1. The van der Waals surface area contributed by atoms with Crippen LogP contribution in [-0.4, -0.2) is 12.6 Å². The van der Waals surface area contributed by atoms with Crippen LogP contribution in [0, 0.1) is 0 Å². The van der Waals surface area contributed by atoms with E-state index in [1.165, 1.54) is 17.4 Å². The highest BCUT2D eigenvalue weighted by atomic mass is 35.5. The van der Waals surface area contributed by atoms with E-state index in [0.29, 0.717) is 10.9 Å². The lowest BCUT2D eigenvalue weighted by Crippen LogP contribution is -1.98. The molecule has 70 valence electrons. The summed E-state index contributed by atoms with van der Waals surface area (Å²) in [4.78, 5) is 11.8. The largest absolute Gasteiger partial charge is 0.463 e. The van der Waals surface area contributed by atoms with Gasteiger partial charge >= 0.3 is 5.97 Å². The lowest BCUT2D eigenvalue weighted by molar-refractivity contribution is -0.137. The van der Waals surface area contributed by atoms with Gasteiger partial charge < -0.3 is 4.74 Å². The van der Waals surface area contributed by atoms with Gasteiger partial charge in [0.1, 0.15) is 0 Å². The number of esters is 1. The van der Waals surface area contributed by atoms with Crippen molar-refractivity contribution in [2.24, 2.45) is 0 Å². The van der Waals surface area contributed by atoms with Crippen molar-refractivity contribution in [1.82, 2.24) is 0 Å². The Labute approximate surface area is 85.8 Å². The molecule has 1 aromatic rings. The SMILES string of the molecule is CCOC(=O)/C=C/c1ccc(Cl)s1. The molecule has 0 radical (unpaired) electrons. The van der Waals surface area contributed by atoms with Crippen molar-refractivity contribution in [3.05, 3.63) is 27.4 Å². The summed E-state index contributed by atoms with van der Waals surface area (Å²) in [6, 6.07) is 3.64. The number of rotatable bonds is 3. The molecule has 0 bridgehead atoms. The first-order valence-corrected chi connectivity index (χ1v) is 5.02. The maximum atomic E-state index is 10.9. The van der Waals surface area contributed by atoms with Crippen LogP contribution in [0.3, 0.4) is 0 Å². The van der Waals surface area contributed by atoms with E-state index < -0.39 is 0 Å². The number of carbonyl (C=O) groups excluding carboxylic acids is 1. The standard InChI is InChI=1S/C9H9ClO2S/c1-2-12-9(11)6-4-7-3-5-8(10)13-7/h3-6H,2H2,1H3/b6-4+. The van der Waals surface area contributed by atoms with Crippen LogP contribution in [0.2, 0.25) is 4.34 Å². The Bertz CT molecular complexity index is 317. The Morgan fingerprint density at radius 2 is 2.46 bits per heavy atom. The number of ether oxygens (including phenoxy) is 1. The molecule has 0 aliphatic carbocycles. The third-order valence-corrected chi connectivity index (χ3v) is 2.46. The van der Waals surface area contributed by atoms with Gasteiger partial charge in [-0.05, 0) is 25.1 Å². The predicted molar refractivity (Wildman–Crippen MR) is 55.0 cm³/mol. The maximum Gasteiger partial charge on any atom is 0.330 e. The van der Waals surface area contributed by atoms with Crippen LogP contribution in [0.15, 0.2) is 18.2 Å². The molecule has 0 amide bonds. The molecule has 0 atom stereocenters. The lowest BCUT2D eigenvalue weighted by Gasteiger charge is -1.93. The third kappa shape index (κ3) is 3.61. The first kappa shape index (κ1) is 10.3. The van der Waals surface area contributed by atoms with E-state index in [2.05, 4.69) is 0 Å². The van der Waals surface area contributed by atoms with E-state index in [1.54, 1.807) is 19.1 Å². The molecule has 4 heteroatoms. The fourth-order valence-electron chi connectivity index (χ4n) is 0.758. The first-order chi connectivity index (χ1) is 6.22. The van der Waals surface area contributed by atoms with Crippen LogP contribution in [-0.2, 0) is 9.53 Å². The van der Waals surface area contributed by atoms with Crippen molar-refractivity contribution in [3.63, 3.8) is 0 Å². The van der Waals surface area contributed by atoms with Crippen LogP contribution >= 0.6 is 22.9 Å². The minimum Gasteiger partial charge on any atom is -0.463 e. The van der Waals surface area contributed by atoms with Gasteiger partial charge in [0.2, 0.25) is 0 Å². The average molecular weight is 217 g/mol. The summed E-state index contributed by atoms with van der Waals surface area (Å²) in [7, 11) is 0. The highest BCUT2D eigenvalue weighted by Gasteiger charge is 1.96. The van der Waals surface area contributed by atoms with E-state index in [9.17, 15) is 4.79 Å². The highest BCUT2D eigenvalue weighted by molar-refractivity contribution is 7.17. The second-order valence-electron chi connectivity index (χ2n) is 2.23. The Kier molecular flexibility index (Phi) is 3.99. The lowest BCUT2D eigenvalue weighted by atomic mass is 10.4. The number of carbonyl (C=O) groups is 1. The van der Waals surface area contributed by atoms with Gasteiger partial charge in [-0.1, -0.05) is 11.6 Å². The second kappa shape index (κ2) is 5.04. The number of hydrogen-bond donors (Lipinski definition) is 0. The zero-order valence-corrected chi connectivity index (χ0v) is 8.69. The molecule has 0 saturated heterocycles. The molecule has 0 aliphatic rings. The molecule has 1 rings (SSSR count). The van der Waals surface area contributed by atoms with Crippen molar-refractivity contribution in [1.29, 1.82) is 0 Å². The van der Waals surface area contributed by atoms with Crippen molar-refractivity contribution in [2.45, 2.75) is 6.92 Å². The zero-order chi connectivity index (χ0) is 9.68. The van der Waals surface area contributed by atoms with Gasteiger partial charge in [-0.15, -0.1) is 11.3 Å². The van der Waals surface area contributed by atoms with Crippen molar-refractivity contribution < 1.29 is 9.53 Å². The number of thiophene rings is 1. The molecule has 13 heavy (non-hydrogen) atoms. The van der Waals surface area contributed by atoms with Crippen molar-refractivity contribution in [2.75, 3.05) is 6.61 Å². The highest BCUT2D eigenvalue weighted by Crippen LogP contribution is 2.22. The normalized spacial score (nSPS) is 10.6. The third-order valence-electron chi connectivity index (χ3n) is 1.26. The second-order valence-corrected chi connectivity index (χ2v) is 3.97. The van der Waals surface area contributed by atoms with Gasteiger partial charge in [0, 0.05) is 11.0 Å². The Morgan fingerprint density at radius 3 is 3.00 bits per heavy atom. The Morgan fingerprint density at radius 1 is 1.69 bits per heavy atom. The average Bonchev–Trinajstić information content (AvgIpc) is 2.49. The van der Waals surface area contributed by atoms with E-state index in [0.717, 1.165) is 4.88 Å². The minimum absolute atomic E-state index is 0.327. The molecule has 1 heterocycles. The maximum absolute atomic E-state index is 10.9. The fraction of sp³-hybridized carbons (Fsp3) is 0.222. The summed E-state index contributed by atoms with van der Waals surface area (Å²) < 4.78 is 5.43. The van der Waals surface area contributed by atoms with Crippen LogP contribution in [0.5, 0.6) is 0 Å². The summed E-state index contributed by atoms with van der Waals surface area (Å²) >= 11 is 7.12. The quantitative estimate of drug-likeness (QED) is 0.574. The van der Waals surface area contributed by atoms with E-state index in [4.69, 9.17) is 16.3 Å². The molecule has 1 aromatic heterocycles. The molecular weight excluding hydrogens is 208 g/mol. The summed E-state index contributed by atoms with van der Waals surface area (Å²) in [5.74, 6) is -0.327. The summed E-state index contributed by atoms with van der Waals surface area (Å²) in [6.45, 7) is 2.17. The van der Waals surface area contributed by atoms with Crippen LogP contribution in [0.4, 0.5) is 0 Å². The summed E-state index contributed by atoms with van der Waals surface area (Å²) in [6.07, 6.45) is 3.08. The van der Waals surface area contributed by atoms with Gasteiger partial charge in [-0.2, -0.15) is 0 Å². The van der Waals surface area contributed by atoms with Gasteiger partial charge in [0.05, 0.1) is 10.9 Å². The van der Waals surface area contributed by atoms with Gasteiger partial charge in [-0.3, -0.25) is 0 Å². The van der Waals surface area contributed by atoms with Crippen LogP contribution in [0.25, 0.3) is 6.08 Å². The number of hydrogen-bond acceptors (Lipinski definition) is 3.